The van der Waals surface area contributed by atoms with Crippen molar-refractivity contribution in [2.24, 2.45) is 0 Å². The topological polar surface area (TPSA) is 57.5 Å². The zero-order valence-electron chi connectivity index (χ0n) is 12.6. The standard InChI is InChI=1S/C19H17O3P/c20-17-13-18(19(21)16-11-5-4-10-15(16)17)23(22)12-6-9-14-7-2-1-3-8-14/h1-5,7-8,10-11,13H,6,9,12H2,(H-,20,21,22)/p+1. The summed E-state index contributed by atoms with van der Waals surface area (Å²) >= 11 is 0. The maximum atomic E-state index is 12.5. The van der Waals surface area contributed by atoms with Gasteiger partial charge in [0.1, 0.15) is 5.75 Å². The monoisotopic (exact) mass is 325 g/mol. The predicted octanol–water partition coefficient (Wildman–Crippen LogP) is 4.34. The minimum absolute atomic E-state index is 0.0132. The summed E-state index contributed by atoms with van der Waals surface area (Å²) in [5.74, 6) is 0.0685. The quantitative estimate of drug-likeness (QED) is 0.542. The first-order valence-corrected chi connectivity index (χ1v) is 9.03. The summed E-state index contributed by atoms with van der Waals surface area (Å²) in [4.78, 5) is 0. The summed E-state index contributed by atoms with van der Waals surface area (Å²) in [6.45, 7) is 0. The van der Waals surface area contributed by atoms with Gasteiger partial charge in [-0.2, -0.15) is 0 Å². The van der Waals surface area contributed by atoms with Gasteiger partial charge >= 0.3 is 7.80 Å². The maximum absolute atomic E-state index is 12.5. The zero-order chi connectivity index (χ0) is 16.2. The number of fused-ring (bicyclic) bond motifs is 1. The Kier molecular flexibility index (Phi) is 4.59. The number of phenols is 2. The molecule has 0 radical (unpaired) electrons. The lowest BCUT2D eigenvalue weighted by atomic mass is 10.1. The molecule has 1 atom stereocenters. The SMILES string of the molecule is O=[P+](CCCc1ccccc1)c1cc(O)c2ccccc2c1O. The highest BCUT2D eigenvalue weighted by Crippen LogP contribution is 2.36. The Labute approximate surface area is 136 Å². The first-order chi connectivity index (χ1) is 11.2. The molecule has 0 heterocycles. The number of aromatic hydroxyl groups is 2. The van der Waals surface area contributed by atoms with Crippen LogP contribution in [0.2, 0.25) is 0 Å². The van der Waals surface area contributed by atoms with Crippen molar-refractivity contribution in [2.45, 2.75) is 12.8 Å². The number of phenolic OH excluding ortho intramolecular Hbond substituents is 2. The lowest BCUT2D eigenvalue weighted by Gasteiger charge is -2.04. The molecule has 0 bridgehead atoms. The van der Waals surface area contributed by atoms with Gasteiger partial charge in [-0.15, -0.1) is 0 Å². The molecule has 0 aliphatic heterocycles. The van der Waals surface area contributed by atoms with Crippen LogP contribution in [-0.2, 0) is 11.0 Å². The minimum Gasteiger partial charge on any atom is -0.507 e. The molecular weight excluding hydrogens is 307 g/mol. The summed E-state index contributed by atoms with van der Waals surface area (Å²) in [7, 11) is -1.74. The largest absolute Gasteiger partial charge is 0.507 e. The van der Waals surface area contributed by atoms with Gasteiger partial charge in [-0.3, -0.25) is 0 Å². The van der Waals surface area contributed by atoms with E-state index in [-0.39, 0.29) is 11.5 Å². The summed E-state index contributed by atoms with van der Waals surface area (Å²) < 4.78 is 12.5. The van der Waals surface area contributed by atoms with E-state index in [1.165, 1.54) is 11.6 Å². The molecule has 0 aliphatic carbocycles. The van der Waals surface area contributed by atoms with Crippen LogP contribution < -0.4 is 5.30 Å². The van der Waals surface area contributed by atoms with E-state index in [1.54, 1.807) is 24.3 Å². The molecule has 3 rings (SSSR count). The summed E-state index contributed by atoms with van der Waals surface area (Å²) in [6.07, 6.45) is 2.10. The Morgan fingerprint density at radius 3 is 2.26 bits per heavy atom. The maximum Gasteiger partial charge on any atom is 0.380 e. The number of aryl methyl sites for hydroxylation is 1. The second-order valence-corrected chi connectivity index (χ2v) is 7.19. The molecule has 3 aromatic rings. The van der Waals surface area contributed by atoms with Crippen LogP contribution >= 0.6 is 7.80 Å². The summed E-state index contributed by atoms with van der Waals surface area (Å²) in [6, 6.07) is 18.5. The molecule has 0 fully saturated rings. The van der Waals surface area contributed by atoms with Crippen LogP contribution in [0.5, 0.6) is 11.5 Å². The molecule has 0 saturated carbocycles. The van der Waals surface area contributed by atoms with Crippen LogP contribution in [0.15, 0.2) is 60.7 Å². The average Bonchev–Trinajstić information content (AvgIpc) is 2.59. The molecule has 0 spiro atoms. The highest BCUT2D eigenvalue weighted by Gasteiger charge is 2.26. The Bertz CT molecular complexity index is 844. The molecule has 23 heavy (non-hydrogen) atoms. The third-order valence-electron chi connectivity index (χ3n) is 3.91. The van der Waals surface area contributed by atoms with Gasteiger partial charge in [-0.25, -0.2) is 0 Å². The number of hydrogen-bond acceptors (Lipinski definition) is 3. The smallest absolute Gasteiger partial charge is 0.380 e. The van der Waals surface area contributed by atoms with Gasteiger partial charge in [0.25, 0.3) is 0 Å². The number of hydrogen-bond donors (Lipinski definition) is 2. The van der Waals surface area contributed by atoms with Crippen molar-refractivity contribution in [3.05, 3.63) is 66.2 Å². The van der Waals surface area contributed by atoms with Crippen molar-refractivity contribution in [2.75, 3.05) is 6.16 Å². The molecule has 0 amide bonds. The first-order valence-electron chi connectivity index (χ1n) is 7.59. The van der Waals surface area contributed by atoms with Crippen LogP contribution in [0, 0.1) is 0 Å². The molecule has 0 aromatic heterocycles. The van der Waals surface area contributed by atoms with E-state index in [9.17, 15) is 14.8 Å². The molecule has 116 valence electrons. The Balaban J connectivity index is 1.77. The molecular formula is C19H18O3P+. The van der Waals surface area contributed by atoms with Crippen LogP contribution in [-0.4, -0.2) is 16.4 Å². The Morgan fingerprint density at radius 2 is 1.52 bits per heavy atom. The van der Waals surface area contributed by atoms with E-state index in [0.717, 1.165) is 12.8 Å². The summed E-state index contributed by atoms with van der Waals surface area (Å²) in [5, 5.41) is 21.9. The fraction of sp³-hybridized carbons (Fsp3) is 0.158. The molecule has 3 aromatic carbocycles. The van der Waals surface area contributed by atoms with Gasteiger partial charge in [-0.1, -0.05) is 59.2 Å². The van der Waals surface area contributed by atoms with Crippen molar-refractivity contribution in [3.8, 4) is 11.5 Å². The second-order valence-electron chi connectivity index (χ2n) is 5.50. The number of benzene rings is 3. The van der Waals surface area contributed by atoms with Gasteiger partial charge in [-0.05, 0) is 18.4 Å². The van der Waals surface area contributed by atoms with Crippen molar-refractivity contribution in [1.29, 1.82) is 0 Å². The molecule has 1 unspecified atom stereocenters. The molecule has 4 heteroatoms. The summed E-state index contributed by atoms with van der Waals surface area (Å²) in [5.41, 5.74) is 1.21. The first kappa shape index (κ1) is 15.5. The van der Waals surface area contributed by atoms with E-state index in [1.807, 2.05) is 30.3 Å². The van der Waals surface area contributed by atoms with Crippen LogP contribution in [0.4, 0.5) is 0 Å². The normalized spacial score (nSPS) is 11.6. The van der Waals surface area contributed by atoms with Crippen molar-refractivity contribution in [3.63, 3.8) is 0 Å². The van der Waals surface area contributed by atoms with Crippen LogP contribution in [0.3, 0.4) is 0 Å². The van der Waals surface area contributed by atoms with E-state index in [0.29, 0.717) is 22.2 Å². The fourth-order valence-electron chi connectivity index (χ4n) is 2.71. The van der Waals surface area contributed by atoms with Gasteiger partial charge in [0.05, 0.1) is 0 Å². The number of rotatable bonds is 5. The van der Waals surface area contributed by atoms with E-state index in [4.69, 9.17) is 0 Å². The lowest BCUT2D eigenvalue weighted by Crippen LogP contribution is -2.01. The van der Waals surface area contributed by atoms with E-state index in [2.05, 4.69) is 0 Å². The van der Waals surface area contributed by atoms with Crippen molar-refractivity contribution >= 4 is 23.9 Å². The molecule has 2 N–H and O–H groups in total. The molecule has 0 saturated heterocycles. The molecule has 3 nitrogen and oxygen atoms in total. The van der Waals surface area contributed by atoms with Gasteiger partial charge in [0.2, 0.25) is 5.30 Å². The van der Waals surface area contributed by atoms with Gasteiger partial charge < -0.3 is 10.2 Å². The van der Waals surface area contributed by atoms with Crippen molar-refractivity contribution < 1.29 is 14.8 Å². The second kappa shape index (κ2) is 6.80. The van der Waals surface area contributed by atoms with E-state index < -0.39 is 7.80 Å². The highest BCUT2D eigenvalue weighted by molar-refractivity contribution is 7.53. The average molecular weight is 325 g/mol. The zero-order valence-corrected chi connectivity index (χ0v) is 13.5. The van der Waals surface area contributed by atoms with Gasteiger partial charge in [0, 0.05) is 16.8 Å². The Morgan fingerprint density at radius 1 is 0.870 bits per heavy atom. The third kappa shape index (κ3) is 3.35. The predicted molar refractivity (Wildman–Crippen MR) is 94.1 cm³/mol. The highest BCUT2D eigenvalue weighted by atomic mass is 31.1. The lowest BCUT2D eigenvalue weighted by molar-refractivity contribution is 0.472. The van der Waals surface area contributed by atoms with Crippen LogP contribution in [0.25, 0.3) is 10.8 Å². The molecule has 0 aliphatic rings. The third-order valence-corrected chi connectivity index (χ3v) is 5.51. The fourth-order valence-corrected chi connectivity index (χ4v) is 4.02. The van der Waals surface area contributed by atoms with Gasteiger partial charge in [0.15, 0.2) is 11.9 Å². The van der Waals surface area contributed by atoms with Crippen molar-refractivity contribution in [1.82, 2.24) is 0 Å². The minimum atomic E-state index is -1.74. The Hall–Kier alpha value is -2.38. The van der Waals surface area contributed by atoms with Crippen LogP contribution in [0.1, 0.15) is 12.0 Å². The van der Waals surface area contributed by atoms with E-state index >= 15 is 0 Å².